The number of ether oxygens (including phenoxy) is 1. The van der Waals surface area contributed by atoms with Crippen molar-refractivity contribution in [2.45, 2.75) is 17.0 Å². The van der Waals surface area contributed by atoms with E-state index in [1.807, 2.05) is 12.1 Å². The molecule has 0 aliphatic rings. The summed E-state index contributed by atoms with van der Waals surface area (Å²) < 4.78 is 44.2. The number of rotatable bonds is 6. The number of anilines is 1. The Morgan fingerprint density at radius 2 is 1.90 bits per heavy atom. The molecule has 2 heterocycles. The van der Waals surface area contributed by atoms with Crippen molar-refractivity contribution in [3.8, 4) is 5.75 Å². The number of benzene rings is 1. The number of nitrogens with zero attached hydrogens (tertiary/aromatic N) is 2. The van der Waals surface area contributed by atoms with Gasteiger partial charge >= 0.3 is 6.18 Å². The van der Waals surface area contributed by atoms with Crippen molar-refractivity contribution >= 4 is 23.4 Å². The quantitative estimate of drug-likeness (QED) is 0.567. The predicted molar refractivity (Wildman–Crippen MR) is 104 cm³/mol. The van der Waals surface area contributed by atoms with Gasteiger partial charge in [-0.25, -0.2) is 4.98 Å². The zero-order valence-corrected chi connectivity index (χ0v) is 16.1. The van der Waals surface area contributed by atoms with Crippen LogP contribution in [-0.2, 0) is 11.9 Å². The molecule has 0 aliphatic heterocycles. The topological polar surface area (TPSA) is 64.1 Å². The minimum atomic E-state index is -4.56. The van der Waals surface area contributed by atoms with Gasteiger partial charge in [-0.3, -0.25) is 9.78 Å². The lowest BCUT2D eigenvalue weighted by atomic mass is 10.1. The predicted octanol–water partition coefficient (Wildman–Crippen LogP) is 5.05. The second-order valence-electron chi connectivity index (χ2n) is 5.90. The van der Waals surface area contributed by atoms with Crippen LogP contribution < -0.4 is 10.1 Å². The largest absolute Gasteiger partial charge is 0.497 e. The molecule has 0 spiro atoms. The molecule has 2 aromatic heterocycles. The minimum absolute atomic E-state index is 0.00593. The third-order valence-corrected chi connectivity index (χ3v) is 4.94. The van der Waals surface area contributed by atoms with E-state index in [4.69, 9.17) is 4.74 Å². The molecule has 0 bridgehead atoms. The standard InChI is InChI=1S/C20H16F3N3O2S/c1-28-16-10-14(20(21,22)23)9-15(11-16)26-18(27)17-3-2-6-25-19(17)29-12-13-4-7-24-8-5-13/h2-11H,12H2,1H3,(H,26,27). The molecular weight excluding hydrogens is 403 g/mol. The smallest absolute Gasteiger partial charge is 0.416 e. The van der Waals surface area contributed by atoms with Crippen molar-refractivity contribution in [2.75, 3.05) is 12.4 Å². The summed E-state index contributed by atoms with van der Waals surface area (Å²) in [7, 11) is 1.26. The van der Waals surface area contributed by atoms with E-state index >= 15 is 0 Å². The van der Waals surface area contributed by atoms with Crippen LogP contribution in [-0.4, -0.2) is 23.0 Å². The molecule has 0 radical (unpaired) electrons. The van der Waals surface area contributed by atoms with Gasteiger partial charge in [0.15, 0.2) is 0 Å². The zero-order valence-electron chi connectivity index (χ0n) is 15.2. The Hall–Kier alpha value is -3.07. The molecule has 5 nitrogen and oxygen atoms in total. The Bertz CT molecular complexity index is 998. The number of halogens is 3. The molecule has 1 N–H and O–H groups in total. The van der Waals surface area contributed by atoms with Crippen molar-refractivity contribution in [3.05, 3.63) is 77.7 Å². The highest BCUT2D eigenvalue weighted by molar-refractivity contribution is 7.98. The van der Waals surface area contributed by atoms with Gasteiger partial charge in [-0.2, -0.15) is 13.2 Å². The number of carbonyl (C=O) groups excluding carboxylic acids is 1. The van der Waals surface area contributed by atoms with Crippen molar-refractivity contribution in [1.82, 2.24) is 9.97 Å². The number of hydrogen-bond donors (Lipinski definition) is 1. The molecular formula is C20H16F3N3O2S. The number of amides is 1. The molecule has 0 saturated heterocycles. The van der Waals surface area contributed by atoms with Crippen molar-refractivity contribution in [2.24, 2.45) is 0 Å². The van der Waals surface area contributed by atoms with Gasteiger partial charge in [-0.1, -0.05) is 0 Å². The summed E-state index contributed by atoms with van der Waals surface area (Å²) in [5.41, 5.74) is 0.341. The maximum Gasteiger partial charge on any atom is 0.416 e. The number of carbonyl (C=O) groups is 1. The van der Waals surface area contributed by atoms with Crippen LogP contribution in [0.2, 0.25) is 0 Å². The van der Waals surface area contributed by atoms with Crippen molar-refractivity contribution in [1.29, 1.82) is 0 Å². The maximum atomic E-state index is 13.1. The molecule has 0 unspecified atom stereocenters. The van der Waals surface area contributed by atoms with Crippen LogP contribution in [0, 0.1) is 0 Å². The fourth-order valence-corrected chi connectivity index (χ4v) is 3.41. The van der Waals surface area contributed by atoms with Crippen LogP contribution in [0.4, 0.5) is 18.9 Å². The Morgan fingerprint density at radius 1 is 1.14 bits per heavy atom. The van der Waals surface area contributed by atoms with E-state index in [2.05, 4.69) is 15.3 Å². The van der Waals surface area contributed by atoms with E-state index in [1.165, 1.54) is 24.9 Å². The lowest BCUT2D eigenvalue weighted by molar-refractivity contribution is -0.137. The van der Waals surface area contributed by atoms with E-state index in [1.54, 1.807) is 30.7 Å². The Labute approximate surface area is 169 Å². The molecule has 3 aromatic rings. The van der Waals surface area contributed by atoms with Gasteiger partial charge in [0.25, 0.3) is 5.91 Å². The molecule has 3 rings (SSSR count). The highest BCUT2D eigenvalue weighted by Crippen LogP contribution is 2.34. The Morgan fingerprint density at radius 3 is 2.59 bits per heavy atom. The van der Waals surface area contributed by atoms with Gasteiger partial charge in [0, 0.05) is 36.1 Å². The number of pyridine rings is 2. The summed E-state index contributed by atoms with van der Waals surface area (Å²) >= 11 is 1.35. The van der Waals surface area contributed by atoms with Crippen LogP contribution in [0.15, 0.2) is 66.1 Å². The lowest BCUT2D eigenvalue weighted by Gasteiger charge is -2.13. The van der Waals surface area contributed by atoms with Crippen LogP contribution in [0.1, 0.15) is 21.5 Å². The molecule has 0 fully saturated rings. The second-order valence-corrected chi connectivity index (χ2v) is 6.87. The van der Waals surface area contributed by atoms with Gasteiger partial charge in [0.05, 0.1) is 18.2 Å². The van der Waals surface area contributed by atoms with E-state index in [-0.39, 0.29) is 17.0 Å². The zero-order chi connectivity index (χ0) is 20.9. The molecule has 0 atom stereocenters. The molecule has 29 heavy (non-hydrogen) atoms. The van der Waals surface area contributed by atoms with Crippen molar-refractivity contribution in [3.63, 3.8) is 0 Å². The van der Waals surface area contributed by atoms with Gasteiger partial charge in [0.1, 0.15) is 10.8 Å². The maximum absolute atomic E-state index is 13.1. The Balaban J connectivity index is 1.81. The number of methoxy groups -OCH3 is 1. The third-order valence-electron chi connectivity index (χ3n) is 3.87. The molecule has 150 valence electrons. The van der Waals surface area contributed by atoms with E-state index < -0.39 is 17.6 Å². The number of thioether (sulfide) groups is 1. The van der Waals surface area contributed by atoms with Gasteiger partial charge in [0.2, 0.25) is 0 Å². The molecule has 0 aliphatic carbocycles. The first-order chi connectivity index (χ1) is 13.9. The van der Waals surface area contributed by atoms with Gasteiger partial charge in [-0.15, -0.1) is 11.8 Å². The SMILES string of the molecule is COc1cc(NC(=O)c2cccnc2SCc2ccncc2)cc(C(F)(F)F)c1. The van der Waals surface area contributed by atoms with Crippen LogP contribution in [0.25, 0.3) is 0 Å². The van der Waals surface area contributed by atoms with Crippen molar-refractivity contribution < 1.29 is 22.7 Å². The van der Waals surface area contributed by atoms with Gasteiger partial charge in [-0.05, 0) is 42.0 Å². The molecule has 1 aromatic carbocycles. The number of hydrogen-bond acceptors (Lipinski definition) is 5. The number of aromatic nitrogens is 2. The number of alkyl halides is 3. The summed E-state index contributed by atoms with van der Waals surface area (Å²) in [6.07, 6.45) is 0.332. The Kier molecular flexibility index (Phi) is 6.38. The molecule has 9 heteroatoms. The monoisotopic (exact) mass is 419 g/mol. The minimum Gasteiger partial charge on any atom is -0.497 e. The average Bonchev–Trinajstić information content (AvgIpc) is 2.72. The number of nitrogens with one attached hydrogen (secondary N) is 1. The van der Waals surface area contributed by atoms with Gasteiger partial charge < -0.3 is 10.1 Å². The summed E-state index contributed by atoms with van der Waals surface area (Å²) in [6, 6.07) is 9.93. The van der Waals surface area contributed by atoms with Crippen LogP contribution in [0.3, 0.4) is 0 Å². The lowest BCUT2D eigenvalue weighted by Crippen LogP contribution is -2.15. The first kappa shape index (κ1) is 20.7. The first-order valence-electron chi connectivity index (χ1n) is 8.41. The van der Waals surface area contributed by atoms with Crippen LogP contribution >= 0.6 is 11.8 Å². The van der Waals surface area contributed by atoms with E-state index in [9.17, 15) is 18.0 Å². The molecule has 0 saturated carbocycles. The summed E-state index contributed by atoms with van der Waals surface area (Å²) in [5, 5.41) is 2.97. The fraction of sp³-hybridized carbons (Fsp3) is 0.150. The van der Waals surface area contributed by atoms with Crippen LogP contribution in [0.5, 0.6) is 5.75 Å². The highest BCUT2D eigenvalue weighted by Gasteiger charge is 2.31. The summed E-state index contributed by atoms with van der Waals surface area (Å²) in [6.45, 7) is 0. The summed E-state index contributed by atoms with van der Waals surface area (Å²) in [4.78, 5) is 20.9. The van der Waals surface area contributed by atoms with E-state index in [0.717, 1.165) is 17.7 Å². The fourth-order valence-electron chi connectivity index (χ4n) is 2.46. The second kappa shape index (κ2) is 8.95. The van der Waals surface area contributed by atoms with E-state index in [0.29, 0.717) is 10.8 Å². The first-order valence-corrected chi connectivity index (χ1v) is 9.40. The third kappa shape index (κ3) is 5.47. The highest BCUT2D eigenvalue weighted by atomic mass is 32.2. The molecule has 1 amide bonds. The summed E-state index contributed by atoms with van der Waals surface area (Å²) in [5.74, 6) is 0.00213. The average molecular weight is 419 g/mol. The normalized spacial score (nSPS) is 11.2.